The number of rotatable bonds is 10. The minimum atomic E-state index is -0.504. The van der Waals surface area contributed by atoms with E-state index in [9.17, 15) is 19.7 Å². The Hall–Kier alpha value is -3.53. The SMILES string of the molecule is CC(Nc1ccc(C(=O)NCCCN2CCCC(C(N)=O)C2)cc1[N+](=O)[O-])c1ccccn1. The number of amides is 2. The van der Waals surface area contributed by atoms with Crippen molar-refractivity contribution < 1.29 is 14.5 Å². The molecule has 0 aliphatic carbocycles. The van der Waals surface area contributed by atoms with Crippen LogP contribution < -0.4 is 16.4 Å². The summed E-state index contributed by atoms with van der Waals surface area (Å²) in [6.45, 7) is 4.61. The van der Waals surface area contributed by atoms with Crippen molar-refractivity contribution in [3.05, 3.63) is 64.0 Å². The Morgan fingerprint density at radius 1 is 1.33 bits per heavy atom. The number of nitrogens with zero attached hydrogens (tertiary/aromatic N) is 3. The van der Waals surface area contributed by atoms with E-state index in [-0.39, 0.29) is 35.0 Å². The third kappa shape index (κ3) is 6.72. The van der Waals surface area contributed by atoms with Gasteiger partial charge in [0.15, 0.2) is 0 Å². The predicted octanol–water partition coefficient (Wildman–Crippen LogP) is 2.48. The molecule has 10 nitrogen and oxygen atoms in total. The maximum absolute atomic E-state index is 12.5. The number of nitrogens with one attached hydrogen (secondary N) is 2. The van der Waals surface area contributed by atoms with Crippen molar-refractivity contribution in [2.45, 2.75) is 32.2 Å². The van der Waals surface area contributed by atoms with Crippen LogP contribution in [0.2, 0.25) is 0 Å². The van der Waals surface area contributed by atoms with E-state index in [0.717, 1.165) is 31.6 Å². The van der Waals surface area contributed by atoms with Crippen LogP contribution in [0.4, 0.5) is 11.4 Å². The number of hydrogen-bond acceptors (Lipinski definition) is 7. The lowest BCUT2D eigenvalue weighted by molar-refractivity contribution is -0.384. The molecule has 2 aromatic rings. The van der Waals surface area contributed by atoms with Crippen LogP contribution in [0, 0.1) is 16.0 Å². The molecule has 1 aromatic carbocycles. The number of benzene rings is 1. The average Bonchev–Trinajstić information content (AvgIpc) is 2.82. The van der Waals surface area contributed by atoms with E-state index in [0.29, 0.717) is 25.2 Å². The molecule has 1 saturated heterocycles. The van der Waals surface area contributed by atoms with Gasteiger partial charge in [0.05, 0.1) is 22.6 Å². The van der Waals surface area contributed by atoms with Gasteiger partial charge in [-0.25, -0.2) is 0 Å². The number of primary amides is 1. The highest BCUT2D eigenvalue weighted by Gasteiger charge is 2.23. The summed E-state index contributed by atoms with van der Waals surface area (Å²) in [5.41, 5.74) is 6.54. The van der Waals surface area contributed by atoms with Crippen LogP contribution in [0.3, 0.4) is 0 Å². The van der Waals surface area contributed by atoms with Crippen molar-refractivity contribution in [1.82, 2.24) is 15.2 Å². The lowest BCUT2D eigenvalue weighted by Crippen LogP contribution is -2.42. The molecule has 4 N–H and O–H groups in total. The second kappa shape index (κ2) is 11.4. The van der Waals surface area contributed by atoms with Crippen molar-refractivity contribution in [2.75, 3.05) is 31.5 Å². The number of pyridine rings is 1. The van der Waals surface area contributed by atoms with E-state index in [4.69, 9.17) is 5.73 Å². The molecule has 0 saturated carbocycles. The zero-order chi connectivity index (χ0) is 23.8. The summed E-state index contributed by atoms with van der Waals surface area (Å²) in [6, 6.07) is 9.64. The van der Waals surface area contributed by atoms with Crippen molar-refractivity contribution in [3.63, 3.8) is 0 Å². The molecule has 2 amide bonds. The Labute approximate surface area is 192 Å². The van der Waals surface area contributed by atoms with E-state index in [1.54, 1.807) is 24.4 Å². The van der Waals surface area contributed by atoms with E-state index in [2.05, 4.69) is 20.5 Å². The third-order valence-electron chi connectivity index (χ3n) is 5.80. The molecule has 10 heteroatoms. The number of piperidine rings is 1. The normalized spacial score (nSPS) is 17.2. The molecule has 0 radical (unpaired) electrons. The smallest absolute Gasteiger partial charge is 0.293 e. The lowest BCUT2D eigenvalue weighted by atomic mass is 9.97. The molecular weight excluding hydrogens is 424 g/mol. The van der Waals surface area contributed by atoms with E-state index < -0.39 is 4.92 Å². The van der Waals surface area contributed by atoms with Gasteiger partial charge in [-0.15, -0.1) is 0 Å². The monoisotopic (exact) mass is 454 g/mol. The molecule has 1 fully saturated rings. The van der Waals surface area contributed by atoms with E-state index >= 15 is 0 Å². The molecular formula is C23H30N6O4. The Bertz CT molecular complexity index is 984. The van der Waals surface area contributed by atoms with Crippen molar-refractivity contribution in [2.24, 2.45) is 11.7 Å². The van der Waals surface area contributed by atoms with Crippen LogP contribution in [0.15, 0.2) is 42.6 Å². The van der Waals surface area contributed by atoms with Crippen LogP contribution in [-0.2, 0) is 4.79 Å². The van der Waals surface area contributed by atoms with Gasteiger partial charge in [-0.05, 0) is 63.5 Å². The van der Waals surface area contributed by atoms with Gasteiger partial charge in [-0.3, -0.25) is 24.7 Å². The number of nitrogens with two attached hydrogens (primary N) is 1. The summed E-state index contributed by atoms with van der Waals surface area (Å²) < 4.78 is 0. The molecule has 2 unspecified atom stereocenters. The van der Waals surface area contributed by atoms with Gasteiger partial charge in [0.25, 0.3) is 11.6 Å². The van der Waals surface area contributed by atoms with Gasteiger partial charge in [0, 0.05) is 30.9 Å². The Morgan fingerprint density at radius 2 is 2.15 bits per heavy atom. The number of carbonyl (C=O) groups excluding carboxylic acids is 2. The first-order valence-electron chi connectivity index (χ1n) is 11.1. The molecule has 2 atom stereocenters. The minimum absolute atomic E-state index is 0.110. The van der Waals surface area contributed by atoms with Crippen LogP contribution in [0.5, 0.6) is 0 Å². The number of carbonyl (C=O) groups is 2. The average molecular weight is 455 g/mol. The van der Waals surface area contributed by atoms with Crippen molar-refractivity contribution in [1.29, 1.82) is 0 Å². The second-order valence-electron chi connectivity index (χ2n) is 8.26. The van der Waals surface area contributed by atoms with Crippen molar-refractivity contribution in [3.8, 4) is 0 Å². The van der Waals surface area contributed by atoms with Gasteiger partial charge in [0.1, 0.15) is 5.69 Å². The van der Waals surface area contributed by atoms with Crippen LogP contribution in [0.1, 0.15) is 48.3 Å². The highest BCUT2D eigenvalue weighted by molar-refractivity contribution is 5.95. The van der Waals surface area contributed by atoms with E-state index in [1.807, 2.05) is 19.1 Å². The molecule has 176 valence electrons. The topological polar surface area (TPSA) is 143 Å². The van der Waals surface area contributed by atoms with Gasteiger partial charge in [0.2, 0.25) is 5.91 Å². The molecule has 0 spiro atoms. The predicted molar refractivity (Wildman–Crippen MR) is 125 cm³/mol. The second-order valence-corrected chi connectivity index (χ2v) is 8.26. The molecule has 1 aliphatic heterocycles. The number of nitro benzene ring substituents is 1. The van der Waals surface area contributed by atoms with Crippen molar-refractivity contribution >= 4 is 23.2 Å². The fourth-order valence-electron chi connectivity index (χ4n) is 3.98. The lowest BCUT2D eigenvalue weighted by Gasteiger charge is -2.31. The number of nitro groups is 1. The Balaban J connectivity index is 1.54. The number of aromatic nitrogens is 1. The Morgan fingerprint density at radius 3 is 2.85 bits per heavy atom. The quantitative estimate of drug-likeness (QED) is 0.284. The highest BCUT2D eigenvalue weighted by atomic mass is 16.6. The molecule has 33 heavy (non-hydrogen) atoms. The summed E-state index contributed by atoms with van der Waals surface area (Å²) in [6.07, 6.45) is 4.13. The number of anilines is 1. The fourth-order valence-corrected chi connectivity index (χ4v) is 3.98. The standard InChI is InChI=1S/C23H30N6O4/c1-16(19-7-2-3-10-25-19)27-20-9-8-17(14-21(20)29(32)33)23(31)26-11-5-13-28-12-4-6-18(15-28)22(24)30/h2-3,7-10,14,16,18,27H,4-6,11-13,15H2,1H3,(H2,24,30)(H,26,31). The van der Waals surface area contributed by atoms with E-state index in [1.165, 1.54) is 6.07 Å². The molecule has 1 aromatic heterocycles. The first-order valence-corrected chi connectivity index (χ1v) is 11.1. The maximum atomic E-state index is 12.5. The first-order chi connectivity index (χ1) is 15.8. The maximum Gasteiger partial charge on any atom is 0.293 e. The summed E-state index contributed by atoms with van der Waals surface area (Å²) in [5.74, 6) is -0.737. The number of likely N-dealkylation sites (tertiary alicyclic amines) is 1. The first kappa shape index (κ1) is 24.1. The summed E-state index contributed by atoms with van der Waals surface area (Å²) in [4.78, 5) is 41.5. The van der Waals surface area contributed by atoms with Crippen LogP contribution in [0.25, 0.3) is 0 Å². The van der Waals surface area contributed by atoms with Gasteiger partial charge >= 0.3 is 0 Å². The number of hydrogen-bond donors (Lipinski definition) is 3. The van der Waals surface area contributed by atoms with Gasteiger partial charge in [-0.2, -0.15) is 0 Å². The third-order valence-corrected chi connectivity index (χ3v) is 5.80. The molecule has 3 rings (SSSR count). The largest absolute Gasteiger partial charge is 0.371 e. The zero-order valence-corrected chi connectivity index (χ0v) is 18.7. The molecule has 0 bridgehead atoms. The van der Waals surface area contributed by atoms with Gasteiger partial charge < -0.3 is 21.3 Å². The minimum Gasteiger partial charge on any atom is -0.371 e. The van der Waals surface area contributed by atoms with Crippen LogP contribution in [-0.4, -0.2) is 52.8 Å². The summed E-state index contributed by atoms with van der Waals surface area (Å²) in [7, 11) is 0. The Kier molecular flexibility index (Phi) is 8.31. The zero-order valence-electron chi connectivity index (χ0n) is 18.7. The summed E-state index contributed by atoms with van der Waals surface area (Å²) in [5, 5.41) is 17.5. The molecule has 2 heterocycles. The highest BCUT2D eigenvalue weighted by Crippen LogP contribution is 2.29. The fraction of sp³-hybridized carbons (Fsp3) is 0.435. The summed E-state index contributed by atoms with van der Waals surface area (Å²) >= 11 is 0. The van der Waals surface area contributed by atoms with Crippen LogP contribution >= 0.6 is 0 Å². The molecule has 1 aliphatic rings. The van der Waals surface area contributed by atoms with Gasteiger partial charge in [-0.1, -0.05) is 6.07 Å².